The summed E-state index contributed by atoms with van der Waals surface area (Å²) in [5.74, 6) is -0.318. The summed E-state index contributed by atoms with van der Waals surface area (Å²) in [5.41, 5.74) is 4.71. The average molecular weight is 496 g/mol. The topological polar surface area (TPSA) is 88.5 Å². The minimum absolute atomic E-state index is 0.116. The van der Waals surface area contributed by atoms with Gasteiger partial charge in [0.1, 0.15) is 0 Å². The molecule has 0 atom stereocenters. The van der Waals surface area contributed by atoms with Gasteiger partial charge in [0.05, 0.1) is 43.4 Å². The fourth-order valence-corrected chi connectivity index (χ4v) is 4.22. The van der Waals surface area contributed by atoms with E-state index in [2.05, 4.69) is 20.6 Å². The lowest BCUT2D eigenvalue weighted by molar-refractivity contribution is -0.115. The van der Waals surface area contributed by atoms with Gasteiger partial charge < -0.3 is 15.4 Å². The SMILES string of the molecule is O=C(Cc1ccccc1)Nc1cnn(-c2cccc(C(=O)Nc3ccc(CN4CCOCC4)cc3)c2)c1. The van der Waals surface area contributed by atoms with Crippen molar-refractivity contribution in [2.24, 2.45) is 0 Å². The Morgan fingerprint density at radius 2 is 1.62 bits per heavy atom. The van der Waals surface area contributed by atoms with Crippen LogP contribution in [0.5, 0.6) is 0 Å². The summed E-state index contributed by atoms with van der Waals surface area (Å²) in [4.78, 5) is 27.6. The normalized spacial score (nSPS) is 13.7. The van der Waals surface area contributed by atoms with Crippen LogP contribution in [0.25, 0.3) is 5.69 Å². The predicted molar refractivity (Wildman–Crippen MR) is 143 cm³/mol. The summed E-state index contributed by atoms with van der Waals surface area (Å²) in [5, 5.41) is 10.2. The Kier molecular flexibility index (Phi) is 7.69. The Morgan fingerprint density at radius 1 is 0.838 bits per heavy atom. The van der Waals surface area contributed by atoms with E-state index in [-0.39, 0.29) is 18.2 Å². The summed E-state index contributed by atoms with van der Waals surface area (Å²) in [6.07, 6.45) is 3.61. The second-order valence-corrected chi connectivity index (χ2v) is 8.97. The zero-order valence-electron chi connectivity index (χ0n) is 20.5. The predicted octanol–water partition coefficient (Wildman–Crippen LogP) is 4.14. The van der Waals surface area contributed by atoms with Gasteiger partial charge in [0, 0.05) is 30.9 Å². The molecule has 0 aliphatic carbocycles. The molecule has 1 aliphatic rings. The Hall–Kier alpha value is -4.27. The molecule has 0 radical (unpaired) electrons. The molecule has 8 nitrogen and oxygen atoms in total. The number of carbonyl (C=O) groups excluding carboxylic acids is 2. The molecule has 5 rings (SSSR count). The van der Waals surface area contributed by atoms with E-state index < -0.39 is 0 Å². The van der Waals surface area contributed by atoms with Crippen molar-refractivity contribution < 1.29 is 14.3 Å². The number of hydrogen-bond acceptors (Lipinski definition) is 5. The second-order valence-electron chi connectivity index (χ2n) is 8.97. The Bertz CT molecular complexity index is 1350. The third kappa shape index (κ3) is 6.69. The van der Waals surface area contributed by atoms with Crippen molar-refractivity contribution >= 4 is 23.2 Å². The maximum Gasteiger partial charge on any atom is 0.255 e. The molecule has 1 saturated heterocycles. The standard InChI is InChI=1S/C29H29N5O3/c35-28(17-22-5-2-1-3-6-22)31-26-19-30-34(21-26)27-8-4-7-24(18-27)29(36)32-25-11-9-23(10-12-25)20-33-13-15-37-16-14-33/h1-12,18-19,21H,13-17,20H2,(H,31,35)(H,32,36). The van der Waals surface area contributed by atoms with Crippen molar-refractivity contribution in [2.75, 3.05) is 36.9 Å². The number of nitrogens with zero attached hydrogens (tertiary/aromatic N) is 3. The molecule has 3 aromatic carbocycles. The lowest BCUT2D eigenvalue weighted by atomic mass is 10.1. The lowest BCUT2D eigenvalue weighted by Gasteiger charge is -2.26. The minimum Gasteiger partial charge on any atom is -0.379 e. The Labute approximate surface area is 215 Å². The van der Waals surface area contributed by atoms with E-state index in [9.17, 15) is 9.59 Å². The van der Waals surface area contributed by atoms with Gasteiger partial charge in [-0.25, -0.2) is 4.68 Å². The molecule has 0 saturated carbocycles. The number of rotatable bonds is 8. The lowest BCUT2D eigenvalue weighted by Crippen LogP contribution is -2.35. The third-order valence-electron chi connectivity index (χ3n) is 6.17. The third-order valence-corrected chi connectivity index (χ3v) is 6.17. The molecule has 188 valence electrons. The van der Waals surface area contributed by atoms with Crippen molar-refractivity contribution in [3.05, 3.63) is 108 Å². The number of aromatic nitrogens is 2. The molecule has 0 bridgehead atoms. The highest BCUT2D eigenvalue weighted by Crippen LogP contribution is 2.17. The number of carbonyl (C=O) groups is 2. The zero-order valence-corrected chi connectivity index (χ0v) is 20.5. The molecule has 0 spiro atoms. The number of morpholine rings is 1. The minimum atomic E-state index is -0.202. The van der Waals surface area contributed by atoms with Crippen LogP contribution in [0.3, 0.4) is 0 Å². The molecule has 1 aliphatic heterocycles. The van der Waals surface area contributed by atoms with Crippen LogP contribution in [0.1, 0.15) is 21.5 Å². The van der Waals surface area contributed by atoms with Crippen LogP contribution in [-0.4, -0.2) is 52.8 Å². The number of ether oxygens (including phenoxy) is 1. The summed E-state index contributed by atoms with van der Waals surface area (Å²) in [6, 6.07) is 24.7. The van der Waals surface area contributed by atoms with Crippen LogP contribution < -0.4 is 10.6 Å². The number of nitrogens with one attached hydrogen (secondary N) is 2. The van der Waals surface area contributed by atoms with E-state index in [0.29, 0.717) is 11.3 Å². The molecule has 2 heterocycles. The van der Waals surface area contributed by atoms with E-state index in [1.807, 2.05) is 66.7 Å². The highest BCUT2D eigenvalue weighted by molar-refractivity contribution is 6.04. The fourth-order valence-electron chi connectivity index (χ4n) is 4.22. The summed E-state index contributed by atoms with van der Waals surface area (Å²) < 4.78 is 7.04. The highest BCUT2D eigenvalue weighted by Gasteiger charge is 2.12. The molecule has 1 fully saturated rings. The van der Waals surface area contributed by atoms with Crippen LogP contribution in [0.2, 0.25) is 0 Å². The molecule has 8 heteroatoms. The largest absolute Gasteiger partial charge is 0.379 e. The highest BCUT2D eigenvalue weighted by atomic mass is 16.5. The van der Waals surface area contributed by atoms with Crippen LogP contribution in [0, 0.1) is 0 Å². The monoisotopic (exact) mass is 495 g/mol. The van der Waals surface area contributed by atoms with Crippen LogP contribution in [-0.2, 0) is 22.5 Å². The van der Waals surface area contributed by atoms with Crippen molar-refractivity contribution in [1.82, 2.24) is 14.7 Å². The quantitative estimate of drug-likeness (QED) is 0.384. The van der Waals surface area contributed by atoms with Gasteiger partial charge in [-0.3, -0.25) is 14.5 Å². The average Bonchev–Trinajstić information content (AvgIpc) is 3.39. The maximum atomic E-state index is 12.9. The van der Waals surface area contributed by atoms with Gasteiger partial charge in [-0.05, 0) is 41.5 Å². The first-order valence-corrected chi connectivity index (χ1v) is 12.3. The smallest absolute Gasteiger partial charge is 0.255 e. The van der Waals surface area contributed by atoms with E-state index in [0.717, 1.165) is 49.8 Å². The molecule has 4 aromatic rings. The molecule has 2 N–H and O–H groups in total. The van der Waals surface area contributed by atoms with E-state index in [1.54, 1.807) is 29.2 Å². The van der Waals surface area contributed by atoms with Crippen LogP contribution >= 0.6 is 0 Å². The Morgan fingerprint density at radius 3 is 2.41 bits per heavy atom. The van der Waals surface area contributed by atoms with Gasteiger partial charge in [0.15, 0.2) is 0 Å². The van der Waals surface area contributed by atoms with Gasteiger partial charge in [0.25, 0.3) is 5.91 Å². The number of hydrogen-bond donors (Lipinski definition) is 2. The fraction of sp³-hybridized carbons (Fsp3) is 0.207. The van der Waals surface area contributed by atoms with Crippen molar-refractivity contribution in [3.8, 4) is 5.69 Å². The van der Waals surface area contributed by atoms with Gasteiger partial charge >= 0.3 is 0 Å². The first kappa shape index (κ1) is 24.4. The second kappa shape index (κ2) is 11.6. The van der Waals surface area contributed by atoms with E-state index in [4.69, 9.17) is 4.74 Å². The number of benzene rings is 3. The van der Waals surface area contributed by atoms with Gasteiger partial charge in [-0.15, -0.1) is 0 Å². The molecule has 2 amide bonds. The number of amides is 2. The van der Waals surface area contributed by atoms with Crippen LogP contribution in [0.4, 0.5) is 11.4 Å². The summed E-state index contributed by atoms with van der Waals surface area (Å²) in [6.45, 7) is 4.29. The van der Waals surface area contributed by atoms with Crippen molar-refractivity contribution in [1.29, 1.82) is 0 Å². The van der Waals surface area contributed by atoms with Crippen molar-refractivity contribution in [3.63, 3.8) is 0 Å². The van der Waals surface area contributed by atoms with Gasteiger partial charge in [-0.1, -0.05) is 48.5 Å². The molecule has 37 heavy (non-hydrogen) atoms. The van der Waals surface area contributed by atoms with E-state index >= 15 is 0 Å². The van der Waals surface area contributed by atoms with Crippen LogP contribution in [0.15, 0.2) is 91.3 Å². The molecular formula is C29H29N5O3. The zero-order chi connectivity index (χ0) is 25.5. The van der Waals surface area contributed by atoms with E-state index in [1.165, 1.54) is 5.56 Å². The van der Waals surface area contributed by atoms with Gasteiger partial charge in [-0.2, -0.15) is 5.10 Å². The van der Waals surface area contributed by atoms with Gasteiger partial charge in [0.2, 0.25) is 5.91 Å². The first-order valence-electron chi connectivity index (χ1n) is 12.3. The summed E-state index contributed by atoms with van der Waals surface area (Å²) in [7, 11) is 0. The molecule has 1 aromatic heterocycles. The Balaban J connectivity index is 1.18. The maximum absolute atomic E-state index is 12.9. The first-order chi connectivity index (χ1) is 18.1. The van der Waals surface area contributed by atoms with Crippen molar-refractivity contribution in [2.45, 2.75) is 13.0 Å². The summed E-state index contributed by atoms with van der Waals surface area (Å²) >= 11 is 0. The molecule has 0 unspecified atom stereocenters. The number of anilines is 2. The molecular weight excluding hydrogens is 466 g/mol.